The van der Waals surface area contributed by atoms with E-state index in [1.165, 1.54) is 0 Å². The summed E-state index contributed by atoms with van der Waals surface area (Å²) in [6.07, 6.45) is -0.207. The molecule has 6 bridgehead atoms. The molecule has 3 aromatic rings. The number of aromatic nitrogens is 3. The Hall–Kier alpha value is -4.33. The van der Waals surface area contributed by atoms with Crippen molar-refractivity contribution in [1.82, 2.24) is 20.3 Å². The van der Waals surface area contributed by atoms with Crippen molar-refractivity contribution in [3.8, 4) is 17.5 Å². The Balaban J connectivity index is 1.58. The van der Waals surface area contributed by atoms with Gasteiger partial charge in [-0.2, -0.15) is 28.1 Å². The second-order valence-corrected chi connectivity index (χ2v) is 11.7. The average Bonchev–Trinajstić information content (AvgIpc) is 2.98. The molecule has 0 spiro atoms. The summed E-state index contributed by atoms with van der Waals surface area (Å²) in [5.74, 6) is 0.799. The fourth-order valence-corrected chi connectivity index (χ4v) is 4.40. The predicted molar refractivity (Wildman–Crippen MR) is 164 cm³/mol. The lowest BCUT2D eigenvalue weighted by molar-refractivity contribution is -0.870. The fourth-order valence-electron chi connectivity index (χ4n) is 4.40. The molecule has 0 saturated heterocycles. The third-order valence-corrected chi connectivity index (χ3v) is 6.69. The first-order valence-electron chi connectivity index (χ1n) is 15.0. The number of amides is 1. The molecule has 0 atom stereocenters. The number of nitrogens with zero attached hydrogens (tertiary/aromatic N) is 4. The Kier molecular flexibility index (Phi) is 11.6. The van der Waals surface area contributed by atoms with Crippen molar-refractivity contribution >= 4 is 23.5 Å². The number of hydrogen-bond acceptors (Lipinski definition) is 9. The van der Waals surface area contributed by atoms with E-state index < -0.39 is 18.8 Å². The van der Waals surface area contributed by atoms with Crippen molar-refractivity contribution in [2.24, 2.45) is 0 Å². The minimum atomic E-state index is -4.58. The molecule has 2 aromatic carbocycles. The molecule has 0 fully saturated rings. The summed E-state index contributed by atoms with van der Waals surface area (Å²) in [5, 5.41) is 8.96. The van der Waals surface area contributed by atoms with Crippen LogP contribution in [0.2, 0.25) is 0 Å². The summed E-state index contributed by atoms with van der Waals surface area (Å²) in [4.78, 5) is 25.5. The molecule has 0 saturated carbocycles. The number of halogens is 3. The van der Waals surface area contributed by atoms with Crippen LogP contribution in [0, 0.1) is 0 Å². The third kappa shape index (κ3) is 11.9. The van der Waals surface area contributed by atoms with E-state index in [0.717, 1.165) is 54.4 Å². The number of carbonyl (C=O) groups is 1. The molecule has 5 rings (SSSR count). The SMILES string of the molecule is C[N+](C)(C)CCCNC(=O)c1ccc2cc1OCCCCCCOc1ccc(cc1)CNc1nc(nc(OCC(F)(F)F)n1)N2. The molecule has 0 radical (unpaired) electrons. The van der Waals surface area contributed by atoms with Gasteiger partial charge < -0.3 is 34.6 Å². The summed E-state index contributed by atoms with van der Waals surface area (Å²) < 4.78 is 56.2. The molecule has 244 valence electrons. The van der Waals surface area contributed by atoms with Gasteiger partial charge in [-0.3, -0.25) is 4.79 Å². The van der Waals surface area contributed by atoms with E-state index in [2.05, 4.69) is 52.0 Å². The Morgan fingerprint density at radius 2 is 1.67 bits per heavy atom. The van der Waals surface area contributed by atoms with E-state index in [9.17, 15) is 18.0 Å². The molecule has 45 heavy (non-hydrogen) atoms. The van der Waals surface area contributed by atoms with Gasteiger partial charge in [-0.25, -0.2) is 0 Å². The third-order valence-electron chi connectivity index (χ3n) is 6.69. The number of fused-ring (bicyclic) bond motifs is 10. The Morgan fingerprint density at radius 1 is 0.956 bits per heavy atom. The molecule has 0 unspecified atom stereocenters. The van der Waals surface area contributed by atoms with Gasteiger partial charge in [0.15, 0.2) is 6.61 Å². The predicted octanol–water partition coefficient (Wildman–Crippen LogP) is 5.33. The van der Waals surface area contributed by atoms with Gasteiger partial charge in [-0.1, -0.05) is 12.1 Å². The summed E-state index contributed by atoms with van der Waals surface area (Å²) >= 11 is 0. The van der Waals surface area contributed by atoms with Crippen LogP contribution in [0.15, 0.2) is 42.5 Å². The first kappa shape index (κ1) is 33.6. The highest BCUT2D eigenvalue weighted by Gasteiger charge is 2.29. The van der Waals surface area contributed by atoms with Crippen molar-refractivity contribution in [2.75, 3.05) is 64.7 Å². The van der Waals surface area contributed by atoms with Gasteiger partial charge in [0.05, 0.1) is 46.5 Å². The van der Waals surface area contributed by atoms with E-state index in [1.807, 2.05) is 24.3 Å². The zero-order valence-electron chi connectivity index (χ0n) is 25.9. The second-order valence-electron chi connectivity index (χ2n) is 11.7. The second kappa shape index (κ2) is 15.6. The van der Waals surface area contributed by atoms with E-state index >= 15 is 0 Å². The molecule has 2 aliphatic heterocycles. The maximum atomic E-state index is 13.1. The molecule has 1 amide bonds. The van der Waals surface area contributed by atoms with Crippen molar-refractivity contribution in [3.05, 3.63) is 53.6 Å². The summed E-state index contributed by atoms with van der Waals surface area (Å²) in [7, 11) is 6.28. The molecular formula is C31H41F3N7O4+. The summed E-state index contributed by atoms with van der Waals surface area (Å²) in [6, 6.07) is 11.9. The Labute approximate surface area is 261 Å². The summed E-state index contributed by atoms with van der Waals surface area (Å²) in [6.45, 7) is 1.12. The number of hydrogen-bond donors (Lipinski definition) is 3. The van der Waals surface area contributed by atoms with Crippen LogP contribution in [0.5, 0.6) is 17.5 Å². The number of quaternary nitrogens is 1. The topological polar surface area (TPSA) is 120 Å². The van der Waals surface area contributed by atoms with Crippen LogP contribution in [-0.2, 0) is 6.54 Å². The number of carbonyl (C=O) groups excluding carboxylic acids is 1. The van der Waals surface area contributed by atoms with Crippen LogP contribution in [-0.4, -0.2) is 85.6 Å². The molecule has 11 nitrogen and oxygen atoms in total. The number of benzene rings is 2. The van der Waals surface area contributed by atoms with E-state index in [0.29, 0.717) is 43.3 Å². The van der Waals surface area contributed by atoms with Crippen molar-refractivity contribution in [2.45, 2.75) is 44.8 Å². The highest BCUT2D eigenvalue weighted by atomic mass is 19.4. The first-order valence-corrected chi connectivity index (χ1v) is 15.0. The molecule has 3 heterocycles. The van der Waals surface area contributed by atoms with Gasteiger partial charge in [0.1, 0.15) is 11.5 Å². The van der Waals surface area contributed by atoms with E-state index in [-0.39, 0.29) is 17.8 Å². The van der Waals surface area contributed by atoms with Gasteiger partial charge >= 0.3 is 12.2 Å². The zero-order valence-corrected chi connectivity index (χ0v) is 25.9. The average molecular weight is 633 g/mol. The zero-order chi connectivity index (χ0) is 32.3. The lowest BCUT2D eigenvalue weighted by Gasteiger charge is -2.23. The highest BCUT2D eigenvalue weighted by Crippen LogP contribution is 2.27. The van der Waals surface area contributed by atoms with E-state index in [1.54, 1.807) is 18.2 Å². The molecule has 0 aliphatic carbocycles. The van der Waals surface area contributed by atoms with Crippen molar-refractivity contribution in [3.63, 3.8) is 0 Å². The minimum absolute atomic E-state index is 0.0113. The standard InChI is InChI=1S/C31H40F3N7O4/c1-41(2,3)16-8-15-35-27(42)25-14-11-23-19-26(25)44-18-7-5-4-6-17-43-24-12-9-22(10-13-24)20-36-28-38-29(37-23)40-30(39-28)45-21-31(32,33)34/h9-14,19H,4-8,15-18,20-21H2,1-3H3,(H2-,35,36,37,38,39,40,42)/p+1. The summed E-state index contributed by atoms with van der Waals surface area (Å²) in [5.41, 5.74) is 1.72. The van der Waals surface area contributed by atoms with Gasteiger partial charge in [0.25, 0.3) is 5.91 Å². The van der Waals surface area contributed by atoms with Crippen molar-refractivity contribution in [1.29, 1.82) is 0 Å². The number of alkyl halides is 3. The Morgan fingerprint density at radius 3 is 2.38 bits per heavy atom. The molecule has 14 heteroatoms. The lowest BCUT2D eigenvalue weighted by Crippen LogP contribution is -2.37. The largest absolute Gasteiger partial charge is 0.494 e. The van der Waals surface area contributed by atoms with Crippen LogP contribution in [0.25, 0.3) is 0 Å². The maximum Gasteiger partial charge on any atom is 0.422 e. The number of anilines is 3. The monoisotopic (exact) mass is 632 g/mol. The number of ether oxygens (including phenoxy) is 3. The number of rotatable bonds is 7. The van der Waals surface area contributed by atoms with Gasteiger partial charge in [0, 0.05) is 31.3 Å². The Bertz CT molecular complexity index is 1400. The first-order chi connectivity index (χ1) is 21.4. The van der Waals surface area contributed by atoms with Gasteiger partial charge in [0.2, 0.25) is 11.9 Å². The lowest BCUT2D eigenvalue weighted by atomic mass is 10.1. The van der Waals surface area contributed by atoms with Crippen LogP contribution < -0.4 is 30.2 Å². The highest BCUT2D eigenvalue weighted by molar-refractivity contribution is 5.97. The van der Waals surface area contributed by atoms with Crippen LogP contribution in [0.1, 0.15) is 48.0 Å². The maximum absolute atomic E-state index is 13.1. The molecule has 3 N–H and O–H groups in total. The van der Waals surface area contributed by atoms with Crippen LogP contribution in [0.3, 0.4) is 0 Å². The van der Waals surface area contributed by atoms with Crippen LogP contribution in [0.4, 0.5) is 30.8 Å². The minimum Gasteiger partial charge on any atom is -0.494 e. The van der Waals surface area contributed by atoms with Gasteiger partial charge in [-0.05, 0) is 55.5 Å². The van der Waals surface area contributed by atoms with Crippen LogP contribution >= 0.6 is 0 Å². The molecular weight excluding hydrogens is 591 g/mol. The molecule has 1 aromatic heterocycles. The normalized spacial score (nSPS) is 14.5. The number of nitrogens with one attached hydrogen (secondary N) is 3. The van der Waals surface area contributed by atoms with E-state index in [4.69, 9.17) is 14.2 Å². The van der Waals surface area contributed by atoms with Crippen molar-refractivity contribution < 1.29 is 36.7 Å². The fraction of sp³-hybridized carbons (Fsp3) is 0.484. The smallest absolute Gasteiger partial charge is 0.422 e. The quantitative estimate of drug-likeness (QED) is 0.235. The molecule has 2 aliphatic rings. The van der Waals surface area contributed by atoms with Gasteiger partial charge in [-0.15, -0.1) is 0 Å².